The van der Waals surface area contributed by atoms with Gasteiger partial charge in [-0.1, -0.05) is 47.5 Å². The summed E-state index contributed by atoms with van der Waals surface area (Å²) >= 11 is 11.4. The smallest absolute Gasteiger partial charge is 0.145 e. The number of hydrogen-bond donors (Lipinski definition) is 0. The van der Waals surface area contributed by atoms with Crippen molar-refractivity contribution in [2.24, 2.45) is 0 Å². The van der Waals surface area contributed by atoms with E-state index in [2.05, 4.69) is 0 Å². The first-order valence-corrected chi connectivity index (χ1v) is 6.62. The van der Waals surface area contributed by atoms with Gasteiger partial charge in [0.05, 0.1) is 10.0 Å². The Morgan fingerprint density at radius 1 is 0.950 bits per heavy atom. The van der Waals surface area contributed by atoms with Crippen LogP contribution < -0.4 is 0 Å². The zero-order chi connectivity index (χ0) is 14.7. The van der Waals surface area contributed by atoms with Crippen LogP contribution in [-0.4, -0.2) is 5.78 Å². The van der Waals surface area contributed by atoms with E-state index in [-0.39, 0.29) is 34.2 Å². The number of ketones is 1. The van der Waals surface area contributed by atoms with Crippen molar-refractivity contribution in [2.75, 3.05) is 0 Å². The molecule has 0 fully saturated rings. The Hall–Kier alpha value is -1.45. The van der Waals surface area contributed by atoms with Crippen molar-refractivity contribution in [3.63, 3.8) is 0 Å². The molecule has 1 nitrogen and oxygen atoms in total. The summed E-state index contributed by atoms with van der Waals surface area (Å²) in [7, 11) is 0. The van der Waals surface area contributed by atoms with Crippen LogP contribution in [0, 0.1) is 11.6 Å². The Morgan fingerprint density at radius 2 is 1.55 bits per heavy atom. The average molecular weight is 315 g/mol. The Kier molecular flexibility index (Phi) is 4.73. The topological polar surface area (TPSA) is 17.1 Å². The Morgan fingerprint density at radius 3 is 2.30 bits per heavy atom. The van der Waals surface area contributed by atoms with Crippen LogP contribution in [0.2, 0.25) is 10.0 Å². The number of benzene rings is 2. The van der Waals surface area contributed by atoms with Crippen LogP contribution in [0.3, 0.4) is 0 Å². The third kappa shape index (κ3) is 3.35. The van der Waals surface area contributed by atoms with Gasteiger partial charge in [0.2, 0.25) is 0 Å². The van der Waals surface area contributed by atoms with E-state index in [1.807, 2.05) is 0 Å². The molecule has 0 amide bonds. The van der Waals surface area contributed by atoms with Gasteiger partial charge in [-0.25, -0.2) is 8.78 Å². The molecule has 104 valence electrons. The highest BCUT2D eigenvalue weighted by Crippen LogP contribution is 2.22. The number of halogens is 4. The molecule has 0 aromatic heterocycles. The van der Waals surface area contributed by atoms with E-state index < -0.39 is 11.6 Å². The standard InChI is InChI=1S/C15H10Cl2F2O/c16-12-5-1-4-10(15(12)19)8-11(20)7-9-3-2-6-13(18)14(9)17/h1-6H,7-8H2. The summed E-state index contributed by atoms with van der Waals surface area (Å²) in [5.41, 5.74) is 0.606. The fraction of sp³-hybridized carbons (Fsp3) is 0.133. The Balaban J connectivity index is 2.13. The van der Waals surface area contributed by atoms with Gasteiger partial charge in [-0.15, -0.1) is 0 Å². The highest BCUT2D eigenvalue weighted by Gasteiger charge is 2.14. The molecule has 2 aromatic carbocycles. The second-order valence-corrected chi connectivity index (χ2v) is 5.10. The Labute approximate surface area is 125 Å². The molecule has 2 rings (SSSR count). The molecule has 0 bridgehead atoms. The van der Waals surface area contributed by atoms with Crippen molar-refractivity contribution < 1.29 is 13.6 Å². The van der Waals surface area contributed by atoms with E-state index >= 15 is 0 Å². The second-order valence-electron chi connectivity index (χ2n) is 4.32. The van der Waals surface area contributed by atoms with Gasteiger partial charge in [-0.2, -0.15) is 0 Å². The summed E-state index contributed by atoms with van der Waals surface area (Å²) in [6.07, 6.45) is -0.165. The van der Waals surface area contributed by atoms with Crippen molar-refractivity contribution in [3.05, 3.63) is 69.2 Å². The first-order chi connectivity index (χ1) is 9.49. The monoisotopic (exact) mass is 314 g/mol. The summed E-state index contributed by atoms with van der Waals surface area (Å²) < 4.78 is 26.9. The van der Waals surface area contributed by atoms with Crippen molar-refractivity contribution in [1.29, 1.82) is 0 Å². The second kappa shape index (κ2) is 6.33. The van der Waals surface area contributed by atoms with Gasteiger partial charge in [-0.05, 0) is 23.3 Å². The maximum Gasteiger partial charge on any atom is 0.145 e. The quantitative estimate of drug-likeness (QED) is 0.804. The number of carbonyl (C=O) groups excluding carboxylic acids is 1. The minimum atomic E-state index is -0.604. The zero-order valence-corrected chi connectivity index (χ0v) is 11.8. The average Bonchev–Trinajstić information content (AvgIpc) is 2.40. The first-order valence-electron chi connectivity index (χ1n) is 5.86. The molecule has 0 atom stereocenters. The van der Waals surface area contributed by atoms with Gasteiger partial charge < -0.3 is 0 Å². The lowest BCUT2D eigenvalue weighted by atomic mass is 10.0. The molecule has 5 heteroatoms. The zero-order valence-electron chi connectivity index (χ0n) is 10.3. The number of rotatable bonds is 4. The van der Waals surface area contributed by atoms with E-state index in [4.69, 9.17) is 23.2 Å². The van der Waals surface area contributed by atoms with Gasteiger partial charge in [-0.3, -0.25) is 4.79 Å². The number of Topliss-reactive ketones (excluding diaryl/α,β-unsaturated/α-hetero) is 1. The molecule has 0 heterocycles. The summed E-state index contributed by atoms with van der Waals surface area (Å²) in [5, 5.41) is -0.105. The number of carbonyl (C=O) groups is 1. The van der Waals surface area contributed by atoms with Gasteiger partial charge in [0.15, 0.2) is 0 Å². The lowest BCUT2D eigenvalue weighted by molar-refractivity contribution is -0.117. The summed E-state index contributed by atoms with van der Waals surface area (Å²) in [6.45, 7) is 0. The maximum absolute atomic E-state index is 13.7. The van der Waals surface area contributed by atoms with E-state index in [1.54, 1.807) is 12.1 Å². The van der Waals surface area contributed by atoms with Crippen molar-refractivity contribution in [1.82, 2.24) is 0 Å². The van der Waals surface area contributed by atoms with E-state index in [0.717, 1.165) is 0 Å². The lowest BCUT2D eigenvalue weighted by Crippen LogP contribution is -2.08. The van der Waals surface area contributed by atoms with Crippen molar-refractivity contribution in [2.45, 2.75) is 12.8 Å². The summed E-state index contributed by atoms with van der Waals surface area (Å²) in [4.78, 5) is 11.9. The minimum Gasteiger partial charge on any atom is -0.299 e. The van der Waals surface area contributed by atoms with E-state index in [0.29, 0.717) is 5.56 Å². The van der Waals surface area contributed by atoms with E-state index in [1.165, 1.54) is 24.3 Å². The third-order valence-electron chi connectivity index (χ3n) is 2.84. The highest BCUT2D eigenvalue weighted by atomic mass is 35.5. The van der Waals surface area contributed by atoms with Crippen molar-refractivity contribution in [3.8, 4) is 0 Å². The molecule has 0 aliphatic rings. The normalized spacial score (nSPS) is 10.6. The van der Waals surface area contributed by atoms with Gasteiger partial charge in [0, 0.05) is 12.8 Å². The largest absolute Gasteiger partial charge is 0.299 e. The molecule has 0 unspecified atom stereocenters. The minimum absolute atomic E-state index is 0.0286. The first kappa shape index (κ1) is 14.9. The Bertz CT molecular complexity index is 601. The summed E-state index contributed by atoms with van der Waals surface area (Å²) in [5.74, 6) is -1.45. The van der Waals surface area contributed by atoms with Crippen LogP contribution in [-0.2, 0) is 17.6 Å². The SMILES string of the molecule is O=C(Cc1cccc(Cl)c1F)Cc1cccc(F)c1Cl. The van der Waals surface area contributed by atoms with Gasteiger partial charge in [0.1, 0.15) is 17.4 Å². The van der Waals surface area contributed by atoms with Crippen LogP contribution in [0.25, 0.3) is 0 Å². The third-order valence-corrected chi connectivity index (χ3v) is 3.55. The van der Waals surface area contributed by atoms with Crippen LogP contribution in [0.1, 0.15) is 11.1 Å². The van der Waals surface area contributed by atoms with Crippen molar-refractivity contribution >= 4 is 29.0 Å². The van der Waals surface area contributed by atoms with Crippen LogP contribution in [0.4, 0.5) is 8.78 Å². The highest BCUT2D eigenvalue weighted by molar-refractivity contribution is 6.31. The molecule has 2 aromatic rings. The molecule has 0 radical (unpaired) electrons. The van der Waals surface area contributed by atoms with Gasteiger partial charge in [0.25, 0.3) is 0 Å². The molecular formula is C15H10Cl2F2O. The molecule has 20 heavy (non-hydrogen) atoms. The maximum atomic E-state index is 13.7. The van der Waals surface area contributed by atoms with Gasteiger partial charge >= 0.3 is 0 Å². The molecule has 0 saturated carbocycles. The van der Waals surface area contributed by atoms with Crippen LogP contribution >= 0.6 is 23.2 Å². The fourth-order valence-corrected chi connectivity index (χ4v) is 2.24. The molecule has 0 saturated heterocycles. The molecule has 0 N–H and O–H groups in total. The predicted octanol–water partition coefficient (Wildman–Crippen LogP) is 4.63. The molecule has 0 spiro atoms. The van der Waals surface area contributed by atoms with Crippen LogP contribution in [0.15, 0.2) is 36.4 Å². The van der Waals surface area contributed by atoms with Crippen LogP contribution in [0.5, 0.6) is 0 Å². The van der Waals surface area contributed by atoms with E-state index in [9.17, 15) is 13.6 Å². The molecular weight excluding hydrogens is 305 g/mol. The lowest BCUT2D eigenvalue weighted by Gasteiger charge is -2.06. The fourth-order valence-electron chi connectivity index (χ4n) is 1.86. The molecule has 0 aliphatic heterocycles. The predicted molar refractivity (Wildman–Crippen MR) is 75.2 cm³/mol. The summed E-state index contributed by atoms with van der Waals surface area (Å²) in [6, 6.07) is 8.73. The number of hydrogen-bond acceptors (Lipinski definition) is 1. The molecule has 0 aliphatic carbocycles.